The minimum atomic E-state index is -0.486. The third-order valence-electron chi connectivity index (χ3n) is 7.24. The molecule has 0 saturated heterocycles. The van der Waals surface area contributed by atoms with Crippen molar-refractivity contribution in [2.24, 2.45) is 0 Å². The lowest BCUT2D eigenvalue weighted by molar-refractivity contribution is -0.383. The molecule has 1 heterocycles. The Morgan fingerprint density at radius 3 is 2.10 bits per heavy atom. The van der Waals surface area contributed by atoms with E-state index < -0.39 is 4.92 Å². The van der Waals surface area contributed by atoms with Crippen LogP contribution in [-0.4, -0.2) is 43.5 Å². The van der Waals surface area contributed by atoms with Crippen molar-refractivity contribution < 1.29 is 19.8 Å². The van der Waals surface area contributed by atoms with Crippen LogP contribution in [0.2, 0.25) is 0 Å². The average molecular weight is 565 g/mol. The maximum absolute atomic E-state index is 11.1. The van der Waals surface area contributed by atoms with Gasteiger partial charge in [-0.3, -0.25) is 10.1 Å². The smallest absolute Gasteiger partial charge is 0.300 e. The second-order valence-electron chi connectivity index (χ2n) is 9.92. The van der Waals surface area contributed by atoms with Crippen LogP contribution in [0.3, 0.4) is 0 Å². The average Bonchev–Trinajstić information content (AvgIpc) is 3.45. The predicted molar refractivity (Wildman–Crippen MR) is 159 cm³/mol. The van der Waals surface area contributed by atoms with Crippen molar-refractivity contribution in [2.75, 3.05) is 23.4 Å². The first-order chi connectivity index (χ1) is 19.5. The molecule has 10 heteroatoms. The van der Waals surface area contributed by atoms with Gasteiger partial charge in [-0.05, 0) is 88.6 Å². The summed E-state index contributed by atoms with van der Waals surface area (Å²) < 4.78 is 4.71. The molecule has 0 bridgehead atoms. The van der Waals surface area contributed by atoms with E-state index in [0.29, 0.717) is 23.0 Å². The zero-order valence-electron chi connectivity index (χ0n) is 22.7. The Morgan fingerprint density at radius 1 is 0.850 bits per heavy atom. The van der Waals surface area contributed by atoms with Gasteiger partial charge in [0, 0.05) is 18.4 Å². The first-order valence-electron chi connectivity index (χ1n) is 13.8. The van der Waals surface area contributed by atoms with Crippen molar-refractivity contribution in [3.05, 3.63) is 81.9 Å². The Balaban J connectivity index is 1.18. The van der Waals surface area contributed by atoms with Crippen LogP contribution < -0.4 is 5.32 Å². The minimum Gasteiger partial charge on any atom is -0.508 e. The molecule has 9 nitrogen and oxygen atoms in total. The van der Waals surface area contributed by atoms with E-state index in [2.05, 4.69) is 22.6 Å². The van der Waals surface area contributed by atoms with E-state index in [9.17, 15) is 20.3 Å². The predicted octanol–water partition coefficient (Wildman–Crippen LogP) is 7.62. The lowest BCUT2D eigenvalue weighted by atomic mass is 9.81. The molecule has 0 aliphatic carbocycles. The maximum atomic E-state index is 11.1. The van der Waals surface area contributed by atoms with Gasteiger partial charge in [0.15, 0.2) is 5.52 Å². The number of aromatic hydroxyl groups is 2. The molecule has 0 aliphatic heterocycles. The summed E-state index contributed by atoms with van der Waals surface area (Å²) in [6, 6.07) is 18.2. The third kappa shape index (κ3) is 7.65. The molecule has 4 rings (SSSR count). The summed E-state index contributed by atoms with van der Waals surface area (Å²) in [7, 11) is 0. The number of aromatic nitrogens is 2. The van der Waals surface area contributed by atoms with Crippen molar-refractivity contribution in [1.82, 2.24) is 10.3 Å². The molecular weight excluding hydrogens is 528 g/mol. The number of fused-ring (bicyclic) bond motifs is 1. The highest BCUT2D eigenvalue weighted by Crippen LogP contribution is 2.39. The van der Waals surface area contributed by atoms with Crippen LogP contribution in [0.25, 0.3) is 11.0 Å². The lowest BCUT2D eigenvalue weighted by Gasteiger charge is -2.27. The van der Waals surface area contributed by atoms with Crippen LogP contribution in [0.4, 0.5) is 11.4 Å². The van der Waals surface area contributed by atoms with Gasteiger partial charge in [0.25, 0.3) is 0 Å². The number of hydrogen-bond acceptors (Lipinski definition) is 9. The lowest BCUT2D eigenvalue weighted by Crippen LogP contribution is -2.14. The first-order valence-corrected chi connectivity index (χ1v) is 14.9. The van der Waals surface area contributed by atoms with Crippen molar-refractivity contribution in [1.29, 1.82) is 0 Å². The van der Waals surface area contributed by atoms with E-state index in [0.717, 1.165) is 50.2 Å². The number of phenolic OH excluding ortho intramolecular Hbond substituents is 2. The molecule has 2 atom stereocenters. The van der Waals surface area contributed by atoms with E-state index >= 15 is 0 Å². The SMILES string of the molecule is CCC(c1ccc(O)cc1)C(CSCCCCCCCNc1ccc([N+](=O)[O-])c2nonc12)c1ccc(O)cc1. The van der Waals surface area contributed by atoms with Gasteiger partial charge in [-0.15, -0.1) is 0 Å². The van der Waals surface area contributed by atoms with Gasteiger partial charge in [0.2, 0.25) is 5.52 Å². The van der Waals surface area contributed by atoms with Gasteiger partial charge < -0.3 is 15.5 Å². The molecule has 1 aromatic heterocycles. The molecule has 0 amide bonds. The summed E-state index contributed by atoms with van der Waals surface area (Å²) in [5, 5.41) is 41.4. The van der Waals surface area contributed by atoms with Gasteiger partial charge in [-0.1, -0.05) is 50.5 Å². The fraction of sp³-hybridized carbons (Fsp3) is 0.400. The van der Waals surface area contributed by atoms with E-state index in [1.54, 1.807) is 30.3 Å². The quantitative estimate of drug-likeness (QED) is 0.0713. The van der Waals surface area contributed by atoms with Gasteiger partial charge in [0.1, 0.15) is 11.5 Å². The highest BCUT2D eigenvalue weighted by molar-refractivity contribution is 7.99. The van der Waals surface area contributed by atoms with Crippen molar-refractivity contribution in [3.8, 4) is 11.5 Å². The number of rotatable bonds is 16. The zero-order chi connectivity index (χ0) is 28.3. The number of non-ortho nitro benzene ring substituents is 1. The van der Waals surface area contributed by atoms with Crippen LogP contribution in [0.1, 0.15) is 68.4 Å². The van der Waals surface area contributed by atoms with E-state index in [1.807, 2.05) is 36.0 Å². The number of benzene rings is 3. The highest BCUT2D eigenvalue weighted by atomic mass is 32.2. The summed E-state index contributed by atoms with van der Waals surface area (Å²) in [4.78, 5) is 10.6. The standard InChI is InChI=1S/C30H36N4O5S/c1-2-25(21-8-12-23(35)13-9-21)26(22-10-14-24(36)15-11-22)20-40-19-7-5-3-4-6-18-31-27-16-17-28(34(37)38)30-29(27)32-39-33-30/h8-17,25-26,31,35-36H,2-7,18-20H2,1H3. The molecule has 0 aliphatic rings. The monoisotopic (exact) mass is 564 g/mol. The molecule has 0 saturated carbocycles. The Bertz CT molecular complexity index is 1360. The fourth-order valence-electron chi connectivity index (χ4n) is 5.08. The number of nitro groups is 1. The summed E-state index contributed by atoms with van der Waals surface area (Å²) >= 11 is 1.98. The summed E-state index contributed by atoms with van der Waals surface area (Å²) in [5.74, 6) is 3.29. The molecule has 4 aromatic rings. The number of unbranched alkanes of at least 4 members (excludes halogenated alkanes) is 4. The van der Waals surface area contributed by atoms with Crippen molar-refractivity contribution in [3.63, 3.8) is 0 Å². The van der Waals surface area contributed by atoms with E-state index in [-0.39, 0.29) is 22.7 Å². The van der Waals surface area contributed by atoms with Gasteiger partial charge in [-0.2, -0.15) is 11.8 Å². The number of thioether (sulfide) groups is 1. The molecule has 3 aromatic carbocycles. The number of phenols is 2. The highest BCUT2D eigenvalue weighted by Gasteiger charge is 2.24. The van der Waals surface area contributed by atoms with Crippen LogP contribution in [0.15, 0.2) is 65.3 Å². The van der Waals surface area contributed by atoms with Crippen LogP contribution >= 0.6 is 11.8 Å². The Hall–Kier alpha value is -3.79. The second-order valence-corrected chi connectivity index (χ2v) is 11.1. The topological polar surface area (TPSA) is 135 Å². The molecule has 2 unspecified atom stereocenters. The largest absolute Gasteiger partial charge is 0.508 e. The van der Waals surface area contributed by atoms with E-state index in [1.165, 1.54) is 23.6 Å². The molecular formula is C30H36N4O5S. The Morgan fingerprint density at radius 2 is 1.45 bits per heavy atom. The molecule has 0 fully saturated rings. The summed E-state index contributed by atoms with van der Waals surface area (Å²) in [6.45, 7) is 2.95. The van der Waals surface area contributed by atoms with Crippen molar-refractivity contribution in [2.45, 2.75) is 57.3 Å². The third-order valence-corrected chi connectivity index (χ3v) is 8.41. The Labute approximate surface area is 238 Å². The number of anilines is 1. The fourth-order valence-corrected chi connectivity index (χ4v) is 6.33. The number of nitrogens with zero attached hydrogens (tertiary/aromatic N) is 3. The van der Waals surface area contributed by atoms with E-state index in [4.69, 9.17) is 4.63 Å². The van der Waals surface area contributed by atoms with Crippen LogP contribution in [0, 0.1) is 10.1 Å². The first kappa shape index (κ1) is 29.2. The summed E-state index contributed by atoms with van der Waals surface area (Å²) in [5.41, 5.74) is 3.58. The van der Waals surface area contributed by atoms with Gasteiger partial charge >= 0.3 is 5.69 Å². The molecule has 0 spiro atoms. The normalized spacial score (nSPS) is 12.8. The molecule has 212 valence electrons. The minimum absolute atomic E-state index is 0.111. The number of nitro benzene ring substituents is 1. The Kier molecular flexibility index (Phi) is 10.6. The number of hydrogen-bond donors (Lipinski definition) is 3. The molecule has 40 heavy (non-hydrogen) atoms. The molecule has 3 N–H and O–H groups in total. The second kappa shape index (κ2) is 14.6. The van der Waals surface area contributed by atoms with Crippen LogP contribution in [-0.2, 0) is 0 Å². The van der Waals surface area contributed by atoms with Gasteiger partial charge in [0.05, 0.1) is 10.6 Å². The van der Waals surface area contributed by atoms with Gasteiger partial charge in [-0.25, -0.2) is 4.63 Å². The summed E-state index contributed by atoms with van der Waals surface area (Å²) in [6.07, 6.45) is 6.55. The van der Waals surface area contributed by atoms with Crippen molar-refractivity contribution >= 4 is 34.2 Å². The van der Waals surface area contributed by atoms with Crippen LogP contribution in [0.5, 0.6) is 11.5 Å². The zero-order valence-corrected chi connectivity index (χ0v) is 23.5. The number of nitrogens with one attached hydrogen (secondary N) is 1. The molecule has 0 radical (unpaired) electrons. The maximum Gasteiger partial charge on any atom is 0.300 e.